The van der Waals surface area contributed by atoms with Gasteiger partial charge in [0.2, 0.25) is 0 Å². The fraction of sp³-hybridized carbons (Fsp3) is 1.00. The molecule has 0 spiro atoms. The molecule has 11 fully saturated rings. The monoisotopic (exact) mass is 742 g/mol. The normalized spacial score (nSPS) is 48.1. The number of piperidine rings is 2. The van der Waals surface area contributed by atoms with E-state index in [1.807, 2.05) is 0 Å². The molecule has 0 aromatic carbocycles. The molecular weight excluding hydrogens is 659 g/mol. The summed E-state index contributed by atoms with van der Waals surface area (Å²) < 4.78 is 0. The van der Waals surface area contributed by atoms with Gasteiger partial charge in [-0.1, -0.05) is 44.9 Å². The largest absolute Gasteiger partial charge is 0.317 e. The summed E-state index contributed by atoms with van der Waals surface area (Å²) in [5.74, 6) is 10.2. The van der Waals surface area contributed by atoms with Crippen LogP contribution in [0.4, 0.5) is 0 Å². The predicted octanol–water partition coefficient (Wildman–Crippen LogP) is 9.11. The van der Waals surface area contributed by atoms with Crippen molar-refractivity contribution >= 4 is 0 Å². The number of hydrogen-bond donors (Lipinski definition) is 2. The molecule has 2 N–H and O–H groups in total. The molecule has 5 saturated heterocycles. The van der Waals surface area contributed by atoms with E-state index >= 15 is 0 Å². The Morgan fingerprint density at radius 1 is 0.296 bits per heavy atom. The van der Waals surface area contributed by atoms with Crippen LogP contribution in [0.3, 0.4) is 0 Å². The Hall–Kier alpha value is -0.200. The van der Waals surface area contributed by atoms with Crippen LogP contribution in [-0.2, 0) is 0 Å². The van der Waals surface area contributed by atoms with Crippen LogP contribution >= 0.6 is 0 Å². The number of nitrogens with zero attached hydrogens (tertiary/aromatic N) is 3. The van der Waals surface area contributed by atoms with Crippen molar-refractivity contribution in [3.05, 3.63) is 0 Å². The van der Waals surface area contributed by atoms with E-state index < -0.39 is 0 Å². The van der Waals surface area contributed by atoms with Crippen molar-refractivity contribution in [2.75, 3.05) is 39.3 Å². The second kappa shape index (κ2) is 16.1. The maximum absolute atomic E-state index is 3.70. The lowest BCUT2D eigenvalue weighted by Gasteiger charge is -2.54. The molecule has 11 rings (SSSR count). The zero-order chi connectivity index (χ0) is 35.6. The molecule has 0 bridgehead atoms. The van der Waals surface area contributed by atoms with E-state index in [0.29, 0.717) is 0 Å². The van der Waals surface area contributed by atoms with Crippen molar-refractivity contribution in [3.63, 3.8) is 0 Å². The lowest BCUT2D eigenvalue weighted by Crippen LogP contribution is -2.58. The van der Waals surface area contributed by atoms with Crippen LogP contribution in [0.15, 0.2) is 0 Å². The third kappa shape index (κ3) is 6.84. The molecule has 12 atom stereocenters. The quantitative estimate of drug-likeness (QED) is 0.284. The third-order valence-electron chi connectivity index (χ3n) is 20.3. The Morgan fingerprint density at radius 2 is 0.741 bits per heavy atom. The van der Waals surface area contributed by atoms with Crippen LogP contribution in [0, 0.1) is 59.2 Å². The molecule has 0 aromatic heterocycles. The topological polar surface area (TPSA) is 33.8 Å². The molecule has 11 aliphatic rings. The van der Waals surface area contributed by atoms with Crippen molar-refractivity contribution in [3.8, 4) is 0 Å². The van der Waals surface area contributed by atoms with E-state index in [1.54, 1.807) is 64.2 Å². The second-order valence-electron chi connectivity index (χ2n) is 22.5. The maximum Gasteiger partial charge on any atom is 0.0134 e. The van der Waals surface area contributed by atoms with E-state index in [4.69, 9.17) is 0 Å². The Bertz CT molecular complexity index is 1180. The second-order valence-corrected chi connectivity index (χ2v) is 22.5. The summed E-state index contributed by atoms with van der Waals surface area (Å²) in [5.41, 5.74) is 0. The van der Waals surface area contributed by atoms with Gasteiger partial charge in [-0.3, -0.25) is 14.7 Å². The standard InChI is InChI=1S/C49H83N5/c1-2-8-39(9-3-1)53-48-16-14-40(52-31-38(32-52)37-27-35(33-18-22-50-23-19-33)26-36(28-37)34-20-24-51-25-21-34)29-44(48)45-30-41(15-17-49(45)53)54-46-12-6-4-10-42(46)43-11-5-7-13-47(43)54/h33-51H,1-32H2. The van der Waals surface area contributed by atoms with Crippen LogP contribution in [0.2, 0.25) is 0 Å². The molecule has 6 aliphatic carbocycles. The first-order chi connectivity index (χ1) is 26.8. The molecule has 5 heterocycles. The van der Waals surface area contributed by atoms with Crippen molar-refractivity contribution in [1.82, 2.24) is 25.3 Å². The van der Waals surface area contributed by atoms with Gasteiger partial charge in [0, 0.05) is 55.4 Å². The molecule has 5 heteroatoms. The minimum absolute atomic E-state index is 0.899. The van der Waals surface area contributed by atoms with E-state index in [1.165, 1.54) is 142 Å². The predicted molar refractivity (Wildman–Crippen MR) is 222 cm³/mol. The van der Waals surface area contributed by atoms with Crippen LogP contribution in [0.5, 0.6) is 0 Å². The highest BCUT2D eigenvalue weighted by Gasteiger charge is 2.58. The lowest BCUT2D eigenvalue weighted by atomic mass is 9.60. The Balaban J connectivity index is 0.785. The first-order valence-corrected chi connectivity index (χ1v) is 25.5. The molecular formula is C49H83N5. The molecule has 6 saturated carbocycles. The fourth-order valence-electron chi connectivity index (χ4n) is 18.0. The molecule has 0 amide bonds. The van der Waals surface area contributed by atoms with E-state index in [-0.39, 0.29) is 0 Å². The van der Waals surface area contributed by atoms with Gasteiger partial charge in [0.15, 0.2) is 0 Å². The van der Waals surface area contributed by atoms with E-state index in [0.717, 1.165) is 101 Å². The summed E-state index contributed by atoms with van der Waals surface area (Å²) in [4.78, 5) is 9.76. The minimum Gasteiger partial charge on any atom is -0.317 e. The van der Waals surface area contributed by atoms with E-state index in [9.17, 15) is 0 Å². The van der Waals surface area contributed by atoms with Gasteiger partial charge in [-0.15, -0.1) is 0 Å². The first kappa shape index (κ1) is 36.8. The van der Waals surface area contributed by atoms with Gasteiger partial charge in [0.1, 0.15) is 0 Å². The summed E-state index contributed by atoms with van der Waals surface area (Å²) >= 11 is 0. The molecule has 304 valence electrons. The highest BCUT2D eigenvalue weighted by atomic mass is 15.3. The molecule has 0 radical (unpaired) electrons. The van der Waals surface area contributed by atoms with Gasteiger partial charge < -0.3 is 10.6 Å². The number of nitrogens with one attached hydrogen (secondary N) is 2. The average molecular weight is 742 g/mol. The molecule has 54 heavy (non-hydrogen) atoms. The Labute approximate surface area is 332 Å². The summed E-state index contributed by atoms with van der Waals surface area (Å²) in [7, 11) is 0. The Kier molecular flexibility index (Phi) is 11.0. The van der Waals surface area contributed by atoms with Crippen LogP contribution in [0.25, 0.3) is 0 Å². The van der Waals surface area contributed by atoms with Crippen LogP contribution in [0.1, 0.15) is 167 Å². The zero-order valence-corrected chi connectivity index (χ0v) is 34.8. The summed E-state index contributed by atoms with van der Waals surface area (Å²) in [5, 5.41) is 7.40. The van der Waals surface area contributed by atoms with Gasteiger partial charge in [0.25, 0.3) is 0 Å². The van der Waals surface area contributed by atoms with Crippen molar-refractivity contribution < 1.29 is 0 Å². The fourth-order valence-corrected chi connectivity index (χ4v) is 18.0. The van der Waals surface area contributed by atoms with Gasteiger partial charge in [-0.25, -0.2) is 0 Å². The highest BCUT2D eigenvalue weighted by molar-refractivity contribution is 5.12. The molecule has 0 aromatic rings. The number of rotatable bonds is 6. The molecule has 12 unspecified atom stereocenters. The van der Waals surface area contributed by atoms with Gasteiger partial charge >= 0.3 is 0 Å². The van der Waals surface area contributed by atoms with Gasteiger partial charge in [0.05, 0.1) is 0 Å². The summed E-state index contributed by atoms with van der Waals surface area (Å²) in [6.07, 6.45) is 39.7. The SMILES string of the molecule is C1CCC(N2C3CCC(N4CC(C5CC(C6CCNCC6)CC(C6CCNCC6)C5)C4)CC3C3CC(N4C5CCCCC5C5CCCCC54)CCC32)CC1. The lowest BCUT2D eigenvalue weighted by molar-refractivity contribution is -0.0436. The number of fused-ring (bicyclic) bond motifs is 6. The van der Waals surface area contributed by atoms with Crippen molar-refractivity contribution in [2.45, 2.75) is 209 Å². The van der Waals surface area contributed by atoms with Crippen molar-refractivity contribution in [1.29, 1.82) is 0 Å². The third-order valence-corrected chi connectivity index (χ3v) is 20.3. The maximum atomic E-state index is 3.70. The van der Waals surface area contributed by atoms with Crippen molar-refractivity contribution in [2.24, 2.45) is 59.2 Å². The minimum atomic E-state index is 0.899. The Morgan fingerprint density at radius 3 is 1.31 bits per heavy atom. The van der Waals surface area contributed by atoms with E-state index in [2.05, 4.69) is 25.3 Å². The van der Waals surface area contributed by atoms with Gasteiger partial charge in [-0.05, 0) is 207 Å². The van der Waals surface area contributed by atoms with Gasteiger partial charge in [-0.2, -0.15) is 0 Å². The molecule has 5 nitrogen and oxygen atoms in total. The zero-order valence-electron chi connectivity index (χ0n) is 34.8. The summed E-state index contributed by atoms with van der Waals surface area (Å²) in [6, 6.07) is 6.51. The average Bonchev–Trinajstić information content (AvgIpc) is 3.73. The molecule has 5 aliphatic heterocycles. The number of hydrogen-bond acceptors (Lipinski definition) is 5. The van der Waals surface area contributed by atoms with Crippen LogP contribution in [-0.4, -0.2) is 96.3 Å². The highest BCUT2D eigenvalue weighted by Crippen LogP contribution is 2.57. The number of likely N-dealkylation sites (tertiary alicyclic amines) is 3. The first-order valence-electron chi connectivity index (χ1n) is 25.5. The van der Waals surface area contributed by atoms with Crippen LogP contribution < -0.4 is 10.6 Å². The summed E-state index contributed by atoms with van der Waals surface area (Å²) in [6.45, 7) is 8.07. The smallest absolute Gasteiger partial charge is 0.0134 e.